The number of halogens is 1. The van der Waals surface area contributed by atoms with Crippen LogP contribution in [0, 0.1) is 11.3 Å². The lowest BCUT2D eigenvalue weighted by atomic mass is 9.72. The van der Waals surface area contributed by atoms with Crippen molar-refractivity contribution < 1.29 is 24.2 Å². The number of nitrogens with one attached hydrogen (secondary N) is 1. The molecular formula is C28H35ClN2O5. The molecule has 0 aromatic heterocycles. The molecule has 2 fully saturated rings. The third-order valence-electron chi connectivity index (χ3n) is 7.36. The molecule has 2 N–H and O–H groups in total. The lowest BCUT2D eigenvalue weighted by molar-refractivity contribution is -0.145. The molecule has 0 spiro atoms. The van der Waals surface area contributed by atoms with Crippen molar-refractivity contribution in [2.75, 3.05) is 7.11 Å². The summed E-state index contributed by atoms with van der Waals surface area (Å²) in [5.41, 5.74) is 1.28. The van der Waals surface area contributed by atoms with Crippen LogP contribution in [-0.2, 0) is 16.1 Å². The number of nitrogens with zero attached hydrogens (tertiary/aromatic N) is 1. The van der Waals surface area contributed by atoms with Crippen LogP contribution >= 0.6 is 11.6 Å². The van der Waals surface area contributed by atoms with Crippen LogP contribution in [0.25, 0.3) is 0 Å². The van der Waals surface area contributed by atoms with Crippen LogP contribution in [0.2, 0.25) is 5.02 Å². The number of benzene rings is 2. The van der Waals surface area contributed by atoms with E-state index in [0.717, 1.165) is 30.4 Å². The van der Waals surface area contributed by atoms with E-state index in [1.165, 1.54) is 4.90 Å². The first-order valence-electron chi connectivity index (χ1n) is 12.4. The summed E-state index contributed by atoms with van der Waals surface area (Å²) in [5, 5.41) is 14.6. The number of rotatable bonds is 7. The molecule has 2 aromatic rings. The first-order chi connectivity index (χ1) is 17.1. The molecule has 1 aliphatic heterocycles. The van der Waals surface area contributed by atoms with Gasteiger partial charge >= 0.3 is 12.1 Å². The predicted octanol–water partition coefficient (Wildman–Crippen LogP) is 5.67. The predicted molar refractivity (Wildman–Crippen MR) is 138 cm³/mol. The van der Waals surface area contributed by atoms with Crippen LogP contribution in [0.15, 0.2) is 48.5 Å². The Balaban J connectivity index is 1.77. The van der Waals surface area contributed by atoms with Crippen LogP contribution in [-0.4, -0.2) is 47.4 Å². The largest absolute Gasteiger partial charge is 0.496 e. The van der Waals surface area contributed by atoms with Gasteiger partial charge in [-0.15, -0.1) is 0 Å². The van der Waals surface area contributed by atoms with Crippen LogP contribution in [0.1, 0.15) is 57.2 Å². The van der Waals surface area contributed by atoms with Crippen LogP contribution < -0.4 is 10.1 Å². The maximum Gasteiger partial charge on any atom is 0.411 e. The van der Waals surface area contributed by atoms with Crippen molar-refractivity contribution in [3.05, 3.63) is 64.7 Å². The molecule has 0 radical (unpaired) electrons. The molecule has 4 rings (SSSR count). The molecule has 36 heavy (non-hydrogen) atoms. The number of aliphatic carboxylic acids is 1. The van der Waals surface area contributed by atoms with Crippen molar-refractivity contribution in [3.63, 3.8) is 0 Å². The number of hydrogen-bond donors (Lipinski definition) is 2. The number of carboxylic acid groups (broad SMARTS) is 1. The van der Waals surface area contributed by atoms with Crippen molar-refractivity contribution in [2.45, 2.75) is 70.8 Å². The molecule has 2 aliphatic rings. The summed E-state index contributed by atoms with van der Waals surface area (Å²) in [7, 11) is 1.60. The number of carboxylic acids is 1. The van der Waals surface area contributed by atoms with Crippen molar-refractivity contribution in [3.8, 4) is 5.75 Å². The molecule has 1 aliphatic carbocycles. The zero-order chi connectivity index (χ0) is 26.0. The normalized spacial score (nSPS) is 24.3. The van der Waals surface area contributed by atoms with E-state index in [0.29, 0.717) is 17.3 Å². The summed E-state index contributed by atoms with van der Waals surface area (Å²) in [6.07, 6.45) is 1.91. The number of likely N-dealkylation sites (tertiary alicyclic amines) is 1. The van der Waals surface area contributed by atoms with E-state index >= 15 is 0 Å². The molecule has 1 saturated heterocycles. The van der Waals surface area contributed by atoms with Crippen LogP contribution in [0.4, 0.5) is 4.79 Å². The summed E-state index contributed by atoms with van der Waals surface area (Å²) >= 11 is 6.26. The lowest BCUT2D eigenvalue weighted by Gasteiger charge is -2.35. The highest BCUT2D eigenvalue weighted by molar-refractivity contribution is 6.30. The van der Waals surface area contributed by atoms with Gasteiger partial charge in [-0.2, -0.15) is 0 Å². The maximum atomic E-state index is 13.6. The Morgan fingerprint density at radius 1 is 1.14 bits per heavy atom. The third kappa shape index (κ3) is 5.32. The van der Waals surface area contributed by atoms with E-state index in [-0.39, 0.29) is 12.1 Å². The first kappa shape index (κ1) is 26.3. The second kappa shape index (κ2) is 10.7. The molecule has 8 heteroatoms. The van der Waals surface area contributed by atoms with Gasteiger partial charge < -0.3 is 19.9 Å². The Morgan fingerprint density at radius 3 is 2.39 bits per heavy atom. The minimum absolute atomic E-state index is 0.154. The fraction of sp³-hybridized carbons (Fsp3) is 0.500. The molecule has 2 aromatic carbocycles. The van der Waals surface area contributed by atoms with E-state index in [1.54, 1.807) is 13.2 Å². The molecule has 194 valence electrons. The maximum absolute atomic E-state index is 13.6. The number of amides is 1. The lowest BCUT2D eigenvalue weighted by Crippen LogP contribution is -2.48. The first-order valence-corrected chi connectivity index (χ1v) is 12.8. The summed E-state index contributed by atoms with van der Waals surface area (Å²) < 4.78 is 11.3. The Kier molecular flexibility index (Phi) is 7.81. The molecule has 4 atom stereocenters. The Labute approximate surface area is 217 Å². The zero-order valence-electron chi connectivity index (χ0n) is 21.2. The summed E-state index contributed by atoms with van der Waals surface area (Å²) in [6.45, 7) is 6.45. The molecule has 1 heterocycles. The second-order valence-corrected chi connectivity index (χ2v) is 11.2. The van der Waals surface area contributed by atoms with E-state index in [2.05, 4.69) is 5.32 Å². The van der Waals surface area contributed by atoms with Crippen molar-refractivity contribution in [1.82, 2.24) is 10.2 Å². The minimum atomic E-state index is -1.05. The standard InChI is InChI=1S/C28H35ClN2O5/c1-28(2,3)22-23(30-16-18-15-19(29)13-14-21(18)35-4)24(17-9-6-5-7-10-17)31(25(22)26(32)33)27(34)36-20-11-8-12-20/h5-7,9-10,13-15,20,22-25,30H,8,11-12,16H2,1-4H3,(H,32,33). The molecule has 4 unspecified atom stereocenters. The number of ether oxygens (including phenoxy) is 2. The smallest absolute Gasteiger partial charge is 0.411 e. The highest BCUT2D eigenvalue weighted by atomic mass is 35.5. The van der Waals surface area contributed by atoms with Gasteiger partial charge in [-0.05, 0) is 48.4 Å². The van der Waals surface area contributed by atoms with Gasteiger partial charge in [-0.25, -0.2) is 9.59 Å². The Morgan fingerprint density at radius 2 is 1.83 bits per heavy atom. The van der Waals surface area contributed by atoms with Gasteiger partial charge in [0.05, 0.1) is 13.2 Å². The van der Waals surface area contributed by atoms with Gasteiger partial charge in [0.1, 0.15) is 17.9 Å². The van der Waals surface area contributed by atoms with Gasteiger partial charge in [0.25, 0.3) is 0 Å². The van der Waals surface area contributed by atoms with Gasteiger partial charge in [0.2, 0.25) is 0 Å². The van der Waals surface area contributed by atoms with Gasteiger partial charge in [-0.1, -0.05) is 62.7 Å². The Hall–Kier alpha value is -2.77. The molecule has 1 saturated carbocycles. The average Bonchev–Trinajstić information content (AvgIpc) is 3.16. The van der Waals surface area contributed by atoms with Crippen molar-refractivity contribution in [2.24, 2.45) is 11.3 Å². The summed E-state index contributed by atoms with van der Waals surface area (Å²) in [5.74, 6) is -0.755. The average molecular weight is 515 g/mol. The minimum Gasteiger partial charge on any atom is -0.496 e. The van der Waals surface area contributed by atoms with E-state index in [9.17, 15) is 14.7 Å². The van der Waals surface area contributed by atoms with Crippen molar-refractivity contribution in [1.29, 1.82) is 0 Å². The highest BCUT2D eigenvalue weighted by Gasteiger charge is 2.58. The summed E-state index contributed by atoms with van der Waals surface area (Å²) in [4.78, 5) is 27.8. The zero-order valence-corrected chi connectivity index (χ0v) is 22.0. The second-order valence-electron chi connectivity index (χ2n) is 10.7. The number of methoxy groups -OCH3 is 1. The monoisotopic (exact) mass is 514 g/mol. The third-order valence-corrected chi connectivity index (χ3v) is 7.60. The van der Waals surface area contributed by atoms with Crippen molar-refractivity contribution >= 4 is 23.7 Å². The van der Waals surface area contributed by atoms with Crippen LogP contribution in [0.3, 0.4) is 0 Å². The fourth-order valence-corrected chi connectivity index (χ4v) is 5.68. The number of hydrogen-bond acceptors (Lipinski definition) is 5. The van der Waals surface area contributed by atoms with Gasteiger partial charge in [-0.3, -0.25) is 4.90 Å². The van der Waals surface area contributed by atoms with Gasteiger partial charge in [0.15, 0.2) is 0 Å². The van der Waals surface area contributed by atoms with E-state index in [4.69, 9.17) is 21.1 Å². The fourth-order valence-electron chi connectivity index (χ4n) is 5.49. The highest BCUT2D eigenvalue weighted by Crippen LogP contribution is 2.48. The molecule has 0 bridgehead atoms. The van der Waals surface area contributed by atoms with E-state index in [1.807, 2.05) is 63.2 Å². The quantitative estimate of drug-likeness (QED) is 0.495. The number of carbonyl (C=O) groups is 2. The molecule has 1 amide bonds. The van der Waals surface area contributed by atoms with Gasteiger partial charge in [0, 0.05) is 29.1 Å². The number of carbonyl (C=O) groups excluding carboxylic acids is 1. The Bertz CT molecular complexity index is 1080. The van der Waals surface area contributed by atoms with E-state index < -0.39 is 35.5 Å². The summed E-state index contributed by atoms with van der Waals surface area (Å²) in [6, 6.07) is 13.1. The SMILES string of the molecule is COc1ccc(Cl)cc1CNC1C(c2ccccc2)N(C(=O)OC2CCC2)C(C(=O)O)C1C(C)(C)C. The molecule has 7 nitrogen and oxygen atoms in total. The van der Waals surface area contributed by atoms with Crippen LogP contribution in [0.5, 0.6) is 5.75 Å². The molecular weight excluding hydrogens is 480 g/mol. The topological polar surface area (TPSA) is 88.1 Å².